The number of carbonyl (C=O) groups is 7. The van der Waals surface area contributed by atoms with Crippen LogP contribution in [0.3, 0.4) is 0 Å². The lowest BCUT2D eigenvalue weighted by atomic mass is 9.96. The number of likely N-dealkylation sites (N-methyl/N-ethyl adjacent to an activating group) is 1. The third-order valence-corrected chi connectivity index (χ3v) is 10.4. The first-order valence-corrected chi connectivity index (χ1v) is 18.2. The van der Waals surface area contributed by atoms with E-state index in [0.29, 0.717) is 45.2 Å². The van der Waals surface area contributed by atoms with Gasteiger partial charge >= 0.3 is 5.97 Å². The van der Waals surface area contributed by atoms with Crippen LogP contribution in [0.5, 0.6) is 0 Å². The quantitative estimate of drug-likeness (QED) is 0.369. The van der Waals surface area contributed by atoms with Crippen LogP contribution in [-0.2, 0) is 44.7 Å². The van der Waals surface area contributed by atoms with Crippen LogP contribution in [0.15, 0.2) is 30.3 Å². The molecule has 3 heterocycles. The summed E-state index contributed by atoms with van der Waals surface area (Å²) in [4.78, 5) is 101. The largest absolute Gasteiger partial charge is 0.458 e. The maximum atomic E-state index is 14.3. The van der Waals surface area contributed by atoms with E-state index in [2.05, 4.69) is 16.0 Å². The third-order valence-electron chi connectivity index (χ3n) is 10.4. The number of amides is 6. The van der Waals surface area contributed by atoms with Crippen molar-refractivity contribution in [1.29, 1.82) is 0 Å². The molecule has 3 aliphatic heterocycles. The Hall–Kier alpha value is -4.49. The van der Waals surface area contributed by atoms with Crippen molar-refractivity contribution in [3.05, 3.63) is 35.9 Å². The van der Waals surface area contributed by atoms with Crippen LogP contribution in [0, 0.1) is 11.8 Å². The molecule has 0 spiro atoms. The molecule has 51 heavy (non-hydrogen) atoms. The molecular weight excluding hydrogens is 656 g/mol. The van der Waals surface area contributed by atoms with E-state index in [9.17, 15) is 33.6 Å². The molecule has 1 aromatic carbocycles. The Morgan fingerprint density at radius 2 is 1.43 bits per heavy atom. The van der Waals surface area contributed by atoms with E-state index >= 15 is 0 Å². The van der Waals surface area contributed by atoms with Crippen LogP contribution in [0.1, 0.15) is 79.2 Å². The lowest BCUT2D eigenvalue weighted by Gasteiger charge is -2.36. The molecule has 14 heteroatoms. The van der Waals surface area contributed by atoms with Gasteiger partial charge in [0.25, 0.3) is 0 Å². The van der Waals surface area contributed by atoms with Gasteiger partial charge in [-0.3, -0.25) is 28.8 Å². The average molecular weight is 711 g/mol. The van der Waals surface area contributed by atoms with E-state index in [-0.39, 0.29) is 18.2 Å². The lowest BCUT2D eigenvalue weighted by Crippen LogP contribution is -2.61. The van der Waals surface area contributed by atoms with Gasteiger partial charge in [-0.05, 0) is 50.0 Å². The number of nitrogens with one attached hydrogen (secondary N) is 3. The smallest absolute Gasteiger partial charge is 0.329 e. The van der Waals surface area contributed by atoms with E-state index in [1.165, 1.54) is 35.6 Å². The monoisotopic (exact) mass is 710 g/mol. The standard InChI is InChI=1S/C37H54N6O8/c1-8-22(4)30-36(49)43-19-13-17-27(43)35(48)42-18-12-16-26(42)34(47)41(7)28(20-25-14-10-9-11-15-25)32(45)39-29(21(2)3)37(50)51-23(5)31(33(46)40-30)38-24(6)44/h9-11,14-15,21-23,26-31H,8,12-13,16-20H2,1-7H3,(H,38,44)(H,39,45)(H,40,46)/t22-,23+,26-,27-,28-,29?,30+,31-/m0/s1. The number of hydrogen-bond acceptors (Lipinski definition) is 8. The molecule has 6 amide bonds. The molecule has 0 aliphatic carbocycles. The lowest BCUT2D eigenvalue weighted by molar-refractivity contribution is -0.157. The van der Waals surface area contributed by atoms with Crippen molar-refractivity contribution in [2.24, 2.45) is 11.8 Å². The molecule has 3 aliphatic rings. The van der Waals surface area contributed by atoms with Gasteiger partial charge < -0.3 is 35.4 Å². The van der Waals surface area contributed by atoms with Crippen molar-refractivity contribution in [3.8, 4) is 0 Å². The Balaban J connectivity index is 1.80. The highest BCUT2D eigenvalue weighted by Crippen LogP contribution is 2.28. The third kappa shape index (κ3) is 9.06. The Morgan fingerprint density at radius 1 is 0.863 bits per heavy atom. The topological polar surface area (TPSA) is 175 Å². The van der Waals surface area contributed by atoms with E-state index in [1.807, 2.05) is 44.2 Å². The minimum atomic E-state index is -1.37. The zero-order valence-corrected chi connectivity index (χ0v) is 30.8. The van der Waals surface area contributed by atoms with E-state index < -0.39 is 83.8 Å². The SMILES string of the molecule is CC[C@H](C)[C@H]1NC(=O)[C@@H](NC(C)=O)[C@@H](C)OC(=O)C(C(C)C)NC(=O)[C@H](Cc2ccccc2)N(C)C(=O)[C@@H]2CCCN2C(=O)[C@@H]2CCCN2C1=O. The summed E-state index contributed by atoms with van der Waals surface area (Å²) in [6.07, 6.45) is 1.38. The molecule has 3 N–H and O–H groups in total. The van der Waals surface area contributed by atoms with E-state index in [4.69, 9.17) is 4.74 Å². The number of hydrogen-bond donors (Lipinski definition) is 3. The molecule has 14 nitrogen and oxygen atoms in total. The minimum absolute atomic E-state index is 0.137. The summed E-state index contributed by atoms with van der Waals surface area (Å²) >= 11 is 0. The number of benzene rings is 1. The molecule has 1 aromatic rings. The molecule has 0 aromatic heterocycles. The highest BCUT2D eigenvalue weighted by Gasteiger charge is 2.46. The molecule has 0 bridgehead atoms. The summed E-state index contributed by atoms with van der Waals surface area (Å²) in [5, 5.41) is 8.15. The average Bonchev–Trinajstić information content (AvgIpc) is 3.80. The van der Waals surface area contributed by atoms with Crippen molar-refractivity contribution >= 4 is 41.4 Å². The number of carbonyl (C=O) groups excluding carboxylic acids is 7. The van der Waals surface area contributed by atoms with Gasteiger partial charge in [0.1, 0.15) is 42.4 Å². The summed E-state index contributed by atoms with van der Waals surface area (Å²) in [6.45, 7) is 10.4. The van der Waals surface area contributed by atoms with Gasteiger partial charge in [0, 0.05) is 33.5 Å². The number of esters is 1. The minimum Gasteiger partial charge on any atom is -0.458 e. The van der Waals surface area contributed by atoms with Crippen molar-refractivity contribution in [2.75, 3.05) is 20.1 Å². The van der Waals surface area contributed by atoms with Gasteiger partial charge in [0.15, 0.2) is 0 Å². The van der Waals surface area contributed by atoms with Gasteiger partial charge in [-0.2, -0.15) is 0 Å². The van der Waals surface area contributed by atoms with Crippen LogP contribution in [-0.4, -0.2) is 119 Å². The summed E-state index contributed by atoms with van der Waals surface area (Å²) in [7, 11) is 1.53. The summed E-state index contributed by atoms with van der Waals surface area (Å²) in [5.74, 6) is -4.71. The maximum Gasteiger partial charge on any atom is 0.329 e. The first-order valence-electron chi connectivity index (χ1n) is 18.2. The highest BCUT2D eigenvalue weighted by molar-refractivity contribution is 5.98. The fraction of sp³-hybridized carbons (Fsp3) is 0.649. The first-order chi connectivity index (χ1) is 24.2. The van der Waals surface area contributed by atoms with Gasteiger partial charge in [-0.15, -0.1) is 0 Å². The number of cyclic esters (lactones) is 1. The molecule has 4 rings (SSSR count). The predicted octanol–water partition coefficient (Wildman–Crippen LogP) is 1.16. The molecule has 3 fully saturated rings. The Morgan fingerprint density at radius 3 is 2.00 bits per heavy atom. The number of nitrogens with zero attached hydrogens (tertiary/aromatic N) is 3. The summed E-state index contributed by atoms with van der Waals surface area (Å²) in [6, 6.07) is 2.87. The predicted molar refractivity (Wildman–Crippen MR) is 187 cm³/mol. The first kappa shape index (κ1) is 39.3. The highest BCUT2D eigenvalue weighted by atomic mass is 16.5. The van der Waals surface area contributed by atoms with Crippen molar-refractivity contribution in [2.45, 2.75) is 122 Å². The van der Waals surface area contributed by atoms with Crippen LogP contribution in [0.2, 0.25) is 0 Å². The Labute approximate surface area is 300 Å². The van der Waals surface area contributed by atoms with E-state index in [0.717, 1.165) is 5.56 Å². The normalized spacial score (nSPS) is 29.3. The molecule has 8 atom stereocenters. The molecular formula is C37H54N6O8. The second-order valence-corrected chi connectivity index (χ2v) is 14.5. The molecule has 3 saturated heterocycles. The van der Waals surface area contributed by atoms with Crippen molar-refractivity contribution in [1.82, 2.24) is 30.7 Å². The molecule has 1 unspecified atom stereocenters. The Kier molecular flexibility index (Phi) is 13.2. The van der Waals surface area contributed by atoms with E-state index in [1.54, 1.807) is 13.8 Å². The summed E-state index contributed by atoms with van der Waals surface area (Å²) < 4.78 is 5.76. The molecule has 280 valence electrons. The molecule has 0 saturated carbocycles. The number of rotatable bonds is 6. The maximum absolute atomic E-state index is 14.3. The van der Waals surface area contributed by atoms with Gasteiger partial charge in [-0.1, -0.05) is 64.4 Å². The zero-order chi connectivity index (χ0) is 37.6. The summed E-state index contributed by atoms with van der Waals surface area (Å²) in [5.41, 5.74) is 0.785. The van der Waals surface area contributed by atoms with Crippen LogP contribution < -0.4 is 16.0 Å². The second-order valence-electron chi connectivity index (χ2n) is 14.5. The van der Waals surface area contributed by atoms with Gasteiger partial charge in [0.2, 0.25) is 35.4 Å². The molecule has 0 radical (unpaired) electrons. The fourth-order valence-corrected chi connectivity index (χ4v) is 7.19. The van der Waals surface area contributed by atoms with Crippen LogP contribution >= 0.6 is 0 Å². The van der Waals surface area contributed by atoms with Crippen molar-refractivity contribution < 1.29 is 38.3 Å². The zero-order valence-electron chi connectivity index (χ0n) is 30.8. The van der Waals surface area contributed by atoms with Crippen molar-refractivity contribution in [3.63, 3.8) is 0 Å². The van der Waals surface area contributed by atoms with Gasteiger partial charge in [-0.25, -0.2) is 4.79 Å². The fourth-order valence-electron chi connectivity index (χ4n) is 7.19. The van der Waals surface area contributed by atoms with Gasteiger partial charge in [0.05, 0.1) is 0 Å². The van der Waals surface area contributed by atoms with Crippen LogP contribution in [0.4, 0.5) is 0 Å². The number of ether oxygens (including phenoxy) is 1. The second kappa shape index (κ2) is 17.1. The Bertz CT molecular complexity index is 1470. The van der Waals surface area contributed by atoms with Crippen LogP contribution in [0.25, 0.3) is 0 Å². The number of fused-ring (bicyclic) bond motifs is 2.